The van der Waals surface area contributed by atoms with Crippen molar-refractivity contribution in [3.8, 4) is 11.5 Å². The van der Waals surface area contributed by atoms with E-state index in [2.05, 4.69) is 4.99 Å². The molecule has 0 bridgehead atoms. The van der Waals surface area contributed by atoms with Gasteiger partial charge < -0.3 is 14.2 Å². The van der Waals surface area contributed by atoms with Crippen LogP contribution in [0.4, 0.5) is 4.39 Å². The second-order valence-corrected chi connectivity index (χ2v) is 7.02. The molecular formula is C24H17ClFNO4. The Bertz CT molecular complexity index is 1210. The number of esters is 1. The van der Waals surface area contributed by atoms with E-state index in [4.69, 9.17) is 25.8 Å². The molecule has 3 aromatic carbocycles. The number of para-hydroxylation sites is 1. The molecule has 0 radical (unpaired) electrons. The van der Waals surface area contributed by atoms with Gasteiger partial charge in [-0.1, -0.05) is 48.0 Å². The van der Waals surface area contributed by atoms with E-state index in [1.807, 2.05) is 0 Å². The van der Waals surface area contributed by atoms with Gasteiger partial charge in [0.1, 0.15) is 12.4 Å². The molecule has 0 unspecified atom stereocenters. The summed E-state index contributed by atoms with van der Waals surface area (Å²) in [5.74, 6) is 0.0442. The second-order valence-electron chi connectivity index (χ2n) is 6.61. The average Bonchev–Trinajstić information content (AvgIpc) is 3.13. The van der Waals surface area contributed by atoms with Crippen LogP contribution in [0.15, 0.2) is 77.4 Å². The molecule has 31 heavy (non-hydrogen) atoms. The van der Waals surface area contributed by atoms with Crippen molar-refractivity contribution >= 4 is 29.5 Å². The standard InChI is InChI=1S/C24H17ClFNO4/c1-29-21-11-5-7-16(22(21)30-14-15-6-4-8-17(26)12-15)13-20-24(28)31-23(27-20)18-9-2-3-10-19(18)25/h2-13H,14H2,1H3/b20-13-. The van der Waals surface area contributed by atoms with Crippen LogP contribution in [-0.4, -0.2) is 19.0 Å². The minimum absolute atomic E-state index is 0.0961. The summed E-state index contributed by atoms with van der Waals surface area (Å²) >= 11 is 6.18. The fraction of sp³-hybridized carbons (Fsp3) is 0.0833. The van der Waals surface area contributed by atoms with Gasteiger partial charge in [0.15, 0.2) is 17.2 Å². The van der Waals surface area contributed by atoms with Crippen LogP contribution in [0.2, 0.25) is 5.02 Å². The molecule has 0 atom stereocenters. The maximum absolute atomic E-state index is 13.5. The monoisotopic (exact) mass is 437 g/mol. The summed E-state index contributed by atoms with van der Waals surface area (Å²) < 4.78 is 30.1. The lowest BCUT2D eigenvalue weighted by atomic mass is 10.1. The van der Waals surface area contributed by atoms with Crippen molar-refractivity contribution in [2.45, 2.75) is 6.61 Å². The first kappa shape index (κ1) is 20.6. The van der Waals surface area contributed by atoms with Crippen LogP contribution in [0.1, 0.15) is 16.7 Å². The molecule has 4 rings (SSSR count). The third-order valence-corrected chi connectivity index (χ3v) is 4.85. The third-order valence-electron chi connectivity index (χ3n) is 4.52. The predicted octanol–water partition coefficient (Wildman–Crippen LogP) is 5.41. The van der Waals surface area contributed by atoms with Crippen LogP contribution in [0.25, 0.3) is 6.08 Å². The van der Waals surface area contributed by atoms with Gasteiger partial charge in [0.25, 0.3) is 0 Å². The zero-order valence-electron chi connectivity index (χ0n) is 16.5. The SMILES string of the molecule is COc1cccc(/C=C2\N=C(c3ccccc3Cl)OC2=O)c1OCc1cccc(F)c1. The first-order valence-corrected chi connectivity index (χ1v) is 9.74. The number of hydrogen-bond donors (Lipinski definition) is 0. The van der Waals surface area contributed by atoms with Gasteiger partial charge in [-0.25, -0.2) is 14.2 Å². The summed E-state index contributed by atoms with van der Waals surface area (Å²) in [6, 6.07) is 18.3. The summed E-state index contributed by atoms with van der Waals surface area (Å²) in [7, 11) is 1.51. The van der Waals surface area contributed by atoms with Crippen LogP contribution in [0.5, 0.6) is 11.5 Å². The summed E-state index contributed by atoms with van der Waals surface area (Å²) in [4.78, 5) is 16.7. The molecule has 7 heteroatoms. The molecule has 0 aromatic heterocycles. The van der Waals surface area contributed by atoms with E-state index < -0.39 is 5.97 Å². The van der Waals surface area contributed by atoms with Crippen molar-refractivity contribution in [1.82, 2.24) is 0 Å². The number of carbonyl (C=O) groups excluding carboxylic acids is 1. The Morgan fingerprint density at radius 2 is 1.90 bits per heavy atom. The average molecular weight is 438 g/mol. The summed E-state index contributed by atoms with van der Waals surface area (Å²) in [6.45, 7) is 0.118. The Hall–Kier alpha value is -3.64. The van der Waals surface area contributed by atoms with Gasteiger partial charge in [0.05, 0.1) is 17.7 Å². The molecule has 1 heterocycles. The Labute approximate surface area is 183 Å². The summed E-state index contributed by atoms with van der Waals surface area (Å²) in [5, 5.41) is 0.427. The molecular weight excluding hydrogens is 421 g/mol. The molecule has 156 valence electrons. The van der Waals surface area contributed by atoms with E-state index in [-0.39, 0.29) is 24.0 Å². The predicted molar refractivity (Wildman–Crippen MR) is 116 cm³/mol. The number of nitrogens with zero attached hydrogens (tertiary/aromatic N) is 1. The van der Waals surface area contributed by atoms with E-state index in [0.717, 1.165) is 0 Å². The first-order valence-electron chi connectivity index (χ1n) is 9.37. The molecule has 0 saturated heterocycles. The fourth-order valence-electron chi connectivity index (χ4n) is 3.05. The minimum Gasteiger partial charge on any atom is -0.493 e. The smallest absolute Gasteiger partial charge is 0.363 e. The van der Waals surface area contributed by atoms with Crippen LogP contribution in [-0.2, 0) is 16.1 Å². The van der Waals surface area contributed by atoms with Gasteiger partial charge in [-0.3, -0.25) is 0 Å². The topological polar surface area (TPSA) is 57.1 Å². The highest BCUT2D eigenvalue weighted by atomic mass is 35.5. The van der Waals surface area contributed by atoms with Gasteiger partial charge in [0, 0.05) is 5.56 Å². The van der Waals surface area contributed by atoms with E-state index in [1.165, 1.54) is 19.2 Å². The molecule has 0 fully saturated rings. The molecule has 0 saturated carbocycles. The van der Waals surface area contributed by atoms with Crippen molar-refractivity contribution < 1.29 is 23.4 Å². The van der Waals surface area contributed by atoms with Gasteiger partial charge in [-0.2, -0.15) is 0 Å². The van der Waals surface area contributed by atoms with Gasteiger partial charge >= 0.3 is 5.97 Å². The number of rotatable bonds is 6. The molecule has 0 aliphatic carbocycles. The number of cyclic esters (lactones) is 1. The van der Waals surface area contributed by atoms with E-state index >= 15 is 0 Å². The molecule has 5 nitrogen and oxygen atoms in total. The number of hydrogen-bond acceptors (Lipinski definition) is 5. The van der Waals surface area contributed by atoms with Gasteiger partial charge in [-0.05, 0) is 42.0 Å². The third kappa shape index (κ3) is 4.59. The van der Waals surface area contributed by atoms with Crippen molar-refractivity contribution in [2.75, 3.05) is 7.11 Å². The quantitative estimate of drug-likeness (QED) is 0.382. The molecule has 0 N–H and O–H groups in total. The van der Waals surface area contributed by atoms with Crippen LogP contribution in [0, 0.1) is 5.82 Å². The highest BCUT2D eigenvalue weighted by Crippen LogP contribution is 2.34. The van der Waals surface area contributed by atoms with Crippen molar-refractivity contribution in [1.29, 1.82) is 0 Å². The molecule has 0 spiro atoms. The Balaban J connectivity index is 1.67. The molecule has 0 amide bonds. The number of halogens is 2. The maximum atomic E-state index is 13.5. The lowest BCUT2D eigenvalue weighted by molar-refractivity contribution is -0.129. The zero-order chi connectivity index (χ0) is 21.8. The lowest BCUT2D eigenvalue weighted by Gasteiger charge is -2.13. The fourth-order valence-corrected chi connectivity index (χ4v) is 3.27. The van der Waals surface area contributed by atoms with Crippen molar-refractivity contribution in [3.63, 3.8) is 0 Å². The number of aliphatic imine (C=N–C) groups is 1. The highest BCUT2D eigenvalue weighted by Gasteiger charge is 2.26. The Morgan fingerprint density at radius 3 is 2.68 bits per heavy atom. The number of carbonyl (C=O) groups is 1. The number of benzene rings is 3. The Morgan fingerprint density at radius 1 is 1.10 bits per heavy atom. The normalized spacial score (nSPS) is 14.4. The van der Waals surface area contributed by atoms with Gasteiger partial charge in [0.2, 0.25) is 5.90 Å². The first-order chi connectivity index (χ1) is 15.0. The summed E-state index contributed by atoms with van der Waals surface area (Å²) in [6.07, 6.45) is 1.55. The largest absolute Gasteiger partial charge is 0.493 e. The van der Waals surface area contributed by atoms with E-state index in [9.17, 15) is 9.18 Å². The summed E-state index contributed by atoms with van der Waals surface area (Å²) in [5.41, 5.74) is 1.84. The van der Waals surface area contributed by atoms with Crippen LogP contribution in [0.3, 0.4) is 0 Å². The van der Waals surface area contributed by atoms with Crippen LogP contribution < -0.4 is 9.47 Å². The van der Waals surface area contributed by atoms with Crippen molar-refractivity contribution in [3.05, 3.63) is 100.0 Å². The zero-order valence-corrected chi connectivity index (χ0v) is 17.2. The van der Waals surface area contributed by atoms with Crippen molar-refractivity contribution in [2.24, 2.45) is 4.99 Å². The van der Waals surface area contributed by atoms with E-state index in [1.54, 1.807) is 60.7 Å². The number of ether oxygens (including phenoxy) is 3. The minimum atomic E-state index is -0.603. The number of methoxy groups -OCH3 is 1. The second kappa shape index (κ2) is 9.02. The molecule has 1 aliphatic heterocycles. The van der Waals surface area contributed by atoms with E-state index in [0.29, 0.717) is 33.2 Å². The molecule has 3 aromatic rings. The molecule has 1 aliphatic rings. The lowest BCUT2D eigenvalue weighted by Crippen LogP contribution is -2.06. The maximum Gasteiger partial charge on any atom is 0.363 e. The van der Waals surface area contributed by atoms with Crippen LogP contribution >= 0.6 is 11.6 Å². The Kier molecular flexibility index (Phi) is 6.00. The highest BCUT2D eigenvalue weighted by molar-refractivity contribution is 6.34. The van der Waals surface area contributed by atoms with Gasteiger partial charge in [-0.15, -0.1) is 0 Å².